The third-order valence-corrected chi connectivity index (χ3v) is 3.19. The zero-order valence-corrected chi connectivity index (χ0v) is 9.81. The number of hydrogen-bond acceptors (Lipinski definition) is 2. The van der Waals surface area contributed by atoms with Crippen LogP contribution in [0, 0.1) is 5.92 Å². The number of aryl methyl sites for hydroxylation is 1. The third kappa shape index (κ3) is 3.07. The maximum absolute atomic E-state index is 10.9. The van der Waals surface area contributed by atoms with Crippen LogP contribution >= 0.6 is 0 Å². The molecule has 0 fully saturated rings. The number of aliphatic carboxylic acids is 1. The van der Waals surface area contributed by atoms with Gasteiger partial charge in [0, 0.05) is 0 Å². The lowest BCUT2D eigenvalue weighted by Gasteiger charge is -2.27. The molecule has 3 N–H and O–H groups in total. The normalized spacial score (nSPS) is 16.4. The Hall–Kier alpha value is -1.35. The number of carboxylic acid groups (broad SMARTS) is 1. The molecule has 88 valence electrons. The fourth-order valence-electron chi connectivity index (χ4n) is 1.54. The minimum absolute atomic E-state index is 0.0507. The molecule has 0 aliphatic carbocycles. The molecule has 1 aromatic carbocycles. The minimum atomic E-state index is -1.14. The molecule has 0 aliphatic heterocycles. The summed E-state index contributed by atoms with van der Waals surface area (Å²) in [6.07, 6.45) is 1.64. The van der Waals surface area contributed by atoms with Crippen LogP contribution in [0.2, 0.25) is 0 Å². The van der Waals surface area contributed by atoms with Crippen LogP contribution in [-0.4, -0.2) is 16.6 Å². The Morgan fingerprint density at radius 1 is 1.44 bits per heavy atom. The third-order valence-electron chi connectivity index (χ3n) is 3.19. The number of carboxylic acids is 1. The van der Waals surface area contributed by atoms with Gasteiger partial charge in [0.25, 0.3) is 0 Å². The number of benzene rings is 1. The van der Waals surface area contributed by atoms with E-state index in [2.05, 4.69) is 0 Å². The van der Waals surface area contributed by atoms with Gasteiger partial charge in [-0.1, -0.05) is 37.3 Å². The zero-order chi connectivity index (χ0) is 12.2. The first kappa shape index (κ1) is 12.7. The Morgan fingerprint density at radius 2 is 2.00 bits per heavy atom. The molecule has 2 unspecified atom stereocenters. The largest absolute Gasteiger partial charge is 0.480 e. The summed E-state index contributed by atoms with van der Waals surface area (Å²) in [5.41, 5.74) is 5.84. The Bertz CT molecular complexity index is 346. The lowest BCUT2D eigenvalue weighted by molar-refractivity contribution is -0.144. The highest BCUT2D eigenvalue weighted by Gasteiger charge is 2.33. The van der Waals surface area contributed by atoms with Crippen molar-refractivity contribution >= 4 is 5.97 Å². The second-order valence-electron chi connectivity index (χ2n) is 4.51. The minimum Gasteiger partial charge on any atom is -0.480 e. The monoisotopic (exact) mass is 221 g/mol. The van der Waals surface area contributed by atoms with E-state index in [0.717, 1.165) is 12.8 Å². The number of rotatable bonds is 5. The summed E-state index contributed by atoms with van der Waals surface area (Å²) in [6, 6.07) is 10.0. The van der Waals surface area contributed by atoms with Crippen molar-refractivity contribution in [3.8, 4) is 0 Å². The number of carbonyl (C=O) groups is 1. The first-order chi connectivity index (χ1) is 7.44. The van der Waals surface area contributed by atoms with Crippen molar-refractivity contribution in [1.82, 2.24) is 0 Å². The predicted molar refractivity (Wildman–Crippen MR) is 64.2 cm³/mol. The summed E-state index contributed by atoms with van der Waals surface area (Å²) >= 11 is 0. The molecule has 3 heteroatoms. The van der Waals surface area contributed by atoms with Crippen LogP contribution in [0.15, 0.2) is 30.3 Å². The lowest BCUT2D eigenvalue weighted by atomic mass is 9.84. The average molecular weight is 221 g/mol. The van der Waals surface area contributed by atoms with Crippen molar-refractivity contribution in [2.24, 2.45) is 11.7 Å². The van der Waals surface area contributed by atoms with Crippen LogP contribution in [0.3, 0.4) is 0 Å². The van der Waals surface area contributed by atoms with E-state index in [1.54, 1.807) is 6.92 Å². The molecule has 0 saturated carbocycles. The van der Waals surface area contributed by atoms with E-state index in [1.165, 1.54) is 5.56 Å². The molecule has 2 atom stereocenters. The van der Waals surface area contributed by atoms with E-state index < -0.39 is 11.5 Å². The molecule has 0 radical (unpaired) electrons. The molecule has 3 nitrogen and oxygen atoms in total. The summed E-state index contributed by atoms with van der Waals surface area (Å²) in [4.78, 5) is 10.9. The molecule has 1 aromatic rings. The Kier molecular flexibility index (Phi) is 4.07. The SMILES string of the molecule is CC(CCc1ccccc1)C(C)(N)C(=O)O. The van der Waals surface area contributed by atoms with Gasteiger partial charge in [-0.15, -0.1) is 0 Å². The van der Waals surface area contributed by atoms with Crippen LogP contribution in [-0.2, 0) is 11.2 Å². The fourth-order valence-corrected chi connectivity index (χ4v) is 1.54. The number of nitrogens with two attached hydrogens (primary N) is 1. The Balaban J connectivity index is 2.53. The van der Waals surface area contributed by atoms with Gasteiger partial charge in [0.05, 0.1) is 0 Å². The van der Waals surface area contributed by atoms with Crippen LogP contribution < -0.4 is 5.73 Å². The van der Waals surface area contributed by atoms with Gasteiger partial charge in [-0.2, -0.15) is 0 Å². The summed E-state index contributed by atoms with van der Waals surface area (Å²) < 4.78 is 0. The molecule has 1 rings (SSSR count). The summed E-state index contributed by atoms with van der Waals surface area (Å²) in [7, 11) is 0. The van der Waals surface area contributed by atoms with Crippen molar-refractivity contribution in [2.75, 3.05) is 0 Å². The van der Waals surface area contributed by atoms with Gasteiger partial charge in [-0.05, 0) is 31.2 Å². The van der Waals surface area contributed by atoms with Crippen molar-refractivity contribution in [3.63, 3.8) is 0 Å². The number of hydrogen-bond donors (Lipinski definition) is 2. The Morgan fingerprint density at radius 3 is 2.50 bits per heavy atom. The van der Waals surface area contributed by atoms with Gasteiger partial charge < -0.3 is 10.8 Å². The second-order valence-corrected chi connectivity index (χ2v) is 4.51. The second kappa shape index (κ2) is 5.12. The topological polar surface area (TPSA) is 63.3 Å². The van der Waals surface area contributed by atoms with Gasteiger partial charge in [0.1, 0.15) is 5.54 Å². The Labute approximate surface area is 96.3 Å². The molecular formula is C13H19NO2. The highest BCUT2D eigenvalue weighted by atomic mass is 16.4. The molecular weight excluding hydrogens is 202 g/mol. The van der Waals surface area contributed by atoms with Crippen LogP contribution in [0.1, 0.15) is 25.8 Å². The molecule has 0 saturated heterocycles. The van der Waals surface area contributed by atoms with E-state index in [0.29, 0.717) is 0 Å². The van der Waals surface area contributed by atoms with E-state index in [1.807, 2.05) is 37.3 Å². The average Bonchev–Trinajstić information content (AvgIpc) is 2.27. The van der Waals surface area contributed by atoms with Crippen LogP contribution in [0.4, 0.5) is 0 Å². The molecule has 0 aromatic heterocycles. The quantitative estimate of drug-likeness (QED) is 0.800. The van der Waals surface area contributed by atoms with Crippen molar-refractivity contribution in [3.05, 3.63) is 35.9 Å². The van der Waals surface area contributed by atoms with E-state index in [9.17, 15) is 4.79 Å². The molecule has 0 spiro atoms. The molecule has 0 bridgehead atoms. The summed E-state index contributed by atoms with van der Waals surface area (Å²) in [5, 5.41) is 8.98. The zero-order valence-electron chi connectivity index (χ0n) is 9.81. The van der Waals surface area contributed by atoms with Crippen LogP contribution in [0.5, 0.6) is 0 Å². The first-order valence-electron chi connectivity index (χ1n) is 5.50. The summed E-state index contributed by atoms with van der Waals surface area (Å²) in [5.74, 6) is -0.988. The smallest absolute Gasteiger partial charge is 0.323 e. The van der Waals surface area contributed by atoms with Gasteiger partial charge in [-0.3, -0.25) is 4.79 Å². The van der Waals surface area contributed by atoms with Gasteiger partial charge in [0.2, 0.25) is 0 Å². The van der Waals surface area contributed by atoms with Crippen molar-refractivity contribution in [2.45, 2.75) is 32.2 Å². The highest BCUT2D eigenvalue weighted by Crippen LogP contribution is 2.20. The summed E-state index contributed by atoms with van der Waals surface area (Å²) in [6.45, 7) is 3.46. The molecule has 0 aliphatic rings. The molecule has 16 heavy (non-hydrogen) atoms. The van der Waals surface area contributed by atoms with Gasteiger partial charge >= 0.3 is 5.97 Å². The van der Waals surface area contributed by atoms with Crippen molar-refractivity contribution in [1.29, 1.82) is 0 Å². The molecule has 0 amide bonds. The van der Waals surface area contributed by atoms with Crippen molar-refractivity contribution < 1.29 is 9.90 Å². The van der Waals surface area contributed by atoms with Crippen LogP contribution in [0.25, 0.3) is 0 Å². The van der Waals surface area contributed by atoms with Gasteiger partial charge in [0.15, 0.2) is 0 Å². The highest BCUT2D eigenvalue weighted by molar-refractivity contribution is 5.78. The predicted octanol–water partition coefficient (Wildman–Crippen LogP) is 2.06. The fraction of sp³-hybridized carbons (Fsp3) is 0.462. The molecule has 0 heterocycles. The maximum atomic E-state index is 10.9. The maximum Gasteiger partial charge on any atom is 0.323 e. The van der Waals surface area contributed by atoms with E-state index in [4.69, 9.17) is 10.8 Å². The first-order valence-corrected chi connectivity index (χ1v) is 5.50. The lowest BCUT2D eigenvalue weighted by Crippen LogP contribution is -2.50. The standard InChI is InChI=1S/C13H19NO2/c1-10(13(2,14)12(15)16)8-9-11-6-4-3-5-7-11/h3-7,10H,8-9,14H2,1-2H3,(H,15,16). The van der Waals surface area contributed by atoms with Gasteiger partial charge in [-0.25, -0.2) is 0 Å². The van der Waals surface area contributed by atoms with E-state index >= 15 is 0 Å². The van der Waals surface area contributed by atoms with E-state index in [-0.39, 0.29) is 5.92 Å².